The second-order valence-electron chi connectivity index (χ2n) is 3.13. The fraction of sp³-hybridized carbons (Fsp3) is 0.500. The second kappa shape index (κ2) is 9.96. The second-order valence-corrected chi connectivity index (χ2v) is 3.13. The van der Waals surface area contributed by atoms with Gasteiger partial charge in [0.25, 0.3) is 0 Å². The predicted molar refractivity (Wildman–Crippen MR) is 60.8 cm³/mol. The van der Waals surface area contributed by atoms with Crippen molar-refractivity contribution in [1.29, 1.82) is 0 Å². The van der Waals surface area contributed by atoms with Crippen molar-refractivity contribution >= 4 is 11.9 Å². The molecule has 90 valence electrons. The van der Waals surface area contributed by atoms with E-state index in [0.717, 1.165) is 31.4 Å². The zero-order valence-electron chi connectivity index (χ0n) is 9.61. The molecule has 0 aromatic heterocycles. The normalized spacial score (nSPS) is 10.1. The largest absolute Gasteiger partial charge is 0.463 e. The van der Waals surface area contributed by atoms with Crippen molar-refractivity contribution in [1.82, 2.24) is 0 Å². The van der Waals surface area contributed by atoms with E-state index >= 15 is 0 Å². The summed E-state index contributed by atoms with van der Waals surface area (Å²) in [6.45, 7) is 5.98. The fourth-order valence-electron chi connectivity index (χ4n) is 0.898. The number of hydrogen-bond donors (Lipinski definition) is 0. The lowest BCUT2D eigenvalue weighted by Crippen LogP contribution is -2.05. The van der Waals surface area contributed by atoms with Crippen LogP contribution in [0.25, 0.3) is 0 Å². The van der Waals surface area contributed by atoms with Gasteiger partial charge in [-0.2, -0.15) is 0 Å². The minimum absolute atomic E-state index is 0.134. The van der Waals surface area contributed by atoms with Gasteiger partial charge in [-0.3, -0.25) is 0 Å². The van der Waals surface area contributed by atoms with Gasteiger partial charge in [-0.1, -0.05) is 32.4 Å². The molecule has 0 N–H and O–H groups in total. The molecule has 4 heteroatoms. The third kappa shape index (κ3) is 8.99. The minimum atomic E-state index is -0.578. The van der Waals surface area contributed by atoms with Crippen molar-refractivity contribution < 1.29 is 19.1 Å². The van der Waals surface area contributed by atoms with Crippen LogP contribution < -0.4 is 0 Å². The Morgan fingerprint density at radius 2 is 1.75 bits per heavy atom. The maximum Gasteiger partial charge on any atom is 0.331 e. The predicted octanol–water partition coefficient (Wildman–Crippen LogP) is 2.01. The van der Waals surface area contributed by atoms with E-state index in [4.69, 9.17) is 4.74 Å². The number of carbonyl (C=O) groups excluding carboxylic acids is 2. The van der Waals surface area contributed by atoms with Gasteiger partial charge < -0.3 is 9.47 Å². The van der Waals surface area contributed by atoms with Gasteiger partial charge in [-0.15, -0.1) is 0 Å². The van der Waals surface area contributed by atoms with Crippen LogP contribution in [0.5, 0.6) is 0 Å². The summed E-state index contributed by atoms with van der Waals surface area (Å²) in [4.78, 5) is 22.0. The molecule has 0 heterocycles. The van der Waals surface area contributed by atoms with Gasteiger partial charge in [0.2, 0.25) is 0 Å². The molecule has 0 rings (SSSR count). The molecule has 0 saturated heterocycles. The molecule has 0 fully saturated rings. The Kier molecular flexibility index (Phi) is 8.97. The quantitative estimate of drug-likeness (QED) is 0.275. The van der Waals surface area contributed by atoms with Crippen molar-refractivity contribution in [3.05, 3.63) is 24.8 Å². The van der Waals surface area contributed by atoms with Crippen LogP contribution in [0.2, 0.25) is 0 Å². The lowest BCUT2D eigenvalue weighted by Gasteiger charge is -2.00. The SMILES string of the molecule is C=CCOC(=O)/C=C/C(=O)OCCCCC. The van der Waals surface area contributed by atoms with Crippen LogP contribution in [0.4, 0.5) is 0 Å². The minimum Gasteiger partial charge on any atom is -0.463 e. The van der Waals surface area contributed by atoms with E-state index in [9.17, 15) is 9.59 Å². The molecular weight excluding hydrogens is 208 g/mol. The summed E-state index contributed by atoms with van der Waals surface area (Å²) >= 11 is 0. The van der Waals surface area contributed by atoms with Gasteiger partial charge in [0.15, 0.2) is 0 Å². The first-order valence-electron chi connectivity index (χ1n) is 5.33. The van der Waals surface area contributed by atoms with Crippen LogP contribution in [-0.4, -0.2) is 25.2 Å². The summed E-state index contributed by atoms with van der Waals surface area (Å²) in [5.74, 6) is -1.10. The van der Waals surface area contributed by atoms with E-state index in [1.54, 1.807) is 0 Å². The Morgan fingerprint density at radius 3 is 2.31 bits per heavy atom. The van der Waals surface area contributed by atoms with Gasteiger partial charge in [0.1, 0.15) is 6.61 Å². The maximum atomic E-state index is 11.0. The first-order chi connectivity index (χ1) is 7.70. The monoisotopic (exact) mass is 226 g/mol. The summed E-state index contributed by atoms with van der Waals surface area (Å²) in [5.41, 5.74) is 0. The molecule has 0 unspecified atom stereocenters. The summed E-state index contributed by atoms with van der Waals surface area (Å²) < 4.78 is 9.48. The molecule has 0 radical (unpaired) electrons. The highest BCUT2D eigenvalue weighted by atomic mass is 16.5. The molecule has 0 spiro atoms. The van der Waals surface area contributed by atoms with Gasteiger partial charge in [0, 0.05) is 12.2 Å². The van der Waals surface area contributed by atoms with Crippen LogP contribution in [0, 0.1) is 0 Å². The molecule has 0 aliphatic carbocycles. The number of hydrogen-bond acceptors (Lipinski definition) is 4. The van der Waals surface area contributed by atoms with Gasteiger partial charge in [-0.25, -0.2) is 9.59 Å². The number of rotatable bonds is 8. The average Bonchev–Trinajstić information content (AvgIpc) is 2.29. The highest BCUT2D eigenvalue weighted by Crippen LogP contribution is 1.95. The highest BCUT2D eigenvalue weighted by molar-refractivity contribution is 5.91. The maximum absolute atomic E-state index is 11.0. The van der Waals surface area contributed by atoms with Crippen LogP contribution in [0.15, 0.2) is 24.8 Å². The summed E-state index contributed by atoms with van der Waals surface area (Å²) in [5, 5.41) is 0. The molecule has 0 bridgehead atoms. The first-order valence-corrected chi connectivity index (χ1v) is 5.33. The van der Waals surface area contributed by atoms with Crippen LogP contribution in [0.3, 0.4) is 0 Å². The lowest BCUT2D eigenvalue weighted by molar-refractivity contribution is -0.140. The Balaban J connectivity index is 3.64. The first kappa shape index (κ1) is 14.4. The third-order valence-corrected chi connectivity index (χ3v) is 1.69. The number of ether oxygens (including phenoxy) is 2. The molecule has 4 nitrogen and oxygen atoms in total. The average molecular weight is 226 g/mol. The molecule has 0 aliphatic rings. The summed E-state index contributed by atoms with van der Waals surface area (Å²) in [7, 11) is 0. The number of esters is 2. The topological polar surface area (TPSA) is 52.6 Å². The fourth-order valence-corrected chi connectivity index (χ4v) is 0.898. The van der Waals surface area contributed by atoms with E-state index < -0.39 is 11.9 Å². The van der Waals surface area contributed by atoms with Gasteiger partial charge in [0.05, 0.1) is 6.61 Å². The van der Waals surface area contributed by atoms with E-state index in [1.807, 2.05) is 0 Å². The summed E-state index contributed by atoms with van der Waals surface area (Å²) in [6.07, 6.45) is 6.51. The van der Waals surface area contributed by atoms with E-state index in [1.165, 1.54) is 6.08 Å². The molecule has 0 aliphatic heterocycles. The van der Waals surface area contributed by atoms with Crippen molar-refractivity contribution in [3.8, 4) is 0 Å². The Morgan fingerprint density at radius 1 is 1.12 bits per heavy atom. The van der Waals surface area contributed by atoms with Crippen LogP contribution >= 0.6 is 0 Å². The Bertz CT molecular complexity index is 256. The lowest BCUT2D eigenvalue weighted by atomic mass is 10.3. The van der Waals surface area contributed by atoms with E-state index in [-0.39, 0.29) is 6.61 Å². The van der Waals surface area contributed by atoms with Crippen molar-refractivity contribution in [3.63, 3.8) is 0 Å². The molecule has 0 aromatic rings. The van der Waals surface area contributed by atoms with Crippen molar-refractivity contribution in [2.45, 2.75) is 26.2 Å². The molecule has 0 aromatic carbocycles. The molecule has 16 heavy (non-hydrogen) atoms. The molecule has 0 saturated carbocycles. The standard InChI is InChI=1S/C12H18O4/c1-3-5-6-10-16-12(14)8-7-11(13)15-9-4-2/h4,7-8H,2-3,5-6,9-10H2,1H3/b8-7+. The van der Waals surface area contributed by atoms with E-state index in [2.05, 4.69) is 18.2 Å². The third-order valence-electron chi connectivity index (χ3n) is 1.69. The highest BCUT2D eigenvalue weighted by Gasteiger charge is 1.99. The van der Waals surface area contributed by atoms with Crippen molar-refractivity contribution in [2.75, 3.05) is 13.2 Å². The van der Waals surface area contributed by atoms with Gasteiger partial charge in [-0.05, 0) is 6.42 Å². The number of carbonyl (C=O) groups is 2. The number of unbranched alkanes of at least 4 members (excludes halogenated alkanes) is 2. The molecule has 0 atom stereocenters. The summed E-state index contributed by atoms with van der Waals surface area (Å²) in [6, 6.07) is 0. The van der Waals surface area contributed by atoms with Crippen molar-refractivity contribution in [2.24, 2.45) is 0 Å². The zero-order valence-corrected chi connectivity index (χ0v) is 9.61. The molecule has 0 amide bonds. The Labute approximate surface area is 95.9 Å². The van der Waals surface area contributed by atoms with Crippen LogP contribution in [0.1, 0.15) is 26.2 Å². The molecular formula is C12H18O4. The zero-order chi connectivity index (χ0) is 12.2. The van der Waals surface area contributed by atoms with Crippen LogP contribution in [-0.2, 0) is 19.1 Å². The Hall–Kier alpha value is -1.58. The van der Waals surface area contributed by atoms with Gasteiger partial charge >= 0.3 is 11.9 Å². The van der Waals surface area contributed by atoms with E-state index in [0.29, 0.717) is 6.61 Å². The smallest absolute Gasteiger partial charge is 0.331 e.